The SMILES string of the molecule is CC(C)N=C(Nc1ccc2nc(N[C@@H]3CCC4=C3C=CCC4C)ccc2c1)NC(C)C. The van der Waals surface area contributed by atoms with Crippen LogP contribution < -0.4 is 16.0 Å². The third-order valence-corrected chi connectivity index (χ3v) is 5.92. The minimum Gasteiger partial charge on any atom is -0.363 e. The third kappa shape index (κ3) is 5.09. The van der Waals surface area contributed by atoms with Crippen molar-refractivity contribution in [2.24, 2.45) is 10.9 Å². The Morgan fingerprint density at radius 3 is 2.74 bits per heavy atom. The molecule has 0 saturated heterocycles. The summed E-state index contributed by atoms with van der Waals surface area (Å²) in [5, 5.41) is 11.6. The lowest BCUT2D eigenvalue weighted by atomic mass is 9.89. The highest BCUT2D eigenvalue weighted by Crippen LogP contribution is 2.38. The van der Waals surface area contributed by atoms with Crippen LogP contribution in [-0.2, 0) is 0 Å². The largest absolute Gasteiger partial charge is 0.363 e. The third-order valence-electron chi connectivity index (χ3n) is 5.92. The maximum Gasteiger partial charge on any atom is 0.196 e. The van der Waals surface area contributed by atoms with Crippen molar-refractivity contribution in [3.8, 4) is 0 Å². The summed E-state index contributed by atoms with van der Waals surface area (Å²) >= 11 is 0. The lowest BCUT2D eigenvalue weighted by Gasteiger charge is -2.20. The summed E-state index contributed by atoms with van der Waals surface area (Å²) in [6.45, 7) is 10.7. The Hall–Kier alpha value is -2.82. The number of nitrogens with one attached hydrogen (secondary N) is 3. The van der Waals surface area contributed by atoms with E-state index in [-0.39, 0.29) is 6.04 Å². The van der Waals surface area contributed by atoms with E-state index in [1.54, 1.807) is 5.57 Å². The van der Waals surface area contributed by atoms with Gasteiger partial charge in [0.2, 0.25) is 0 Å². The molecule has 164 valence electrons. The summed E-state index contributed by atoms with van der Waals surface area (Å²) in [6.07, 6.45) is 8.16. The van der Waals surface area contributed by atoms with Crippen LogP contribution in [0.15, 0.2) is 58.6 Å². The number of benzene rings is 1. The van der Waals surface area contributed by atoms with Gasteiger partial charge in [0, 0.05) is 23.2 Å². The van der Waals surface area contributed by atoms with Gasteiger partial charge in [0.15, 0.2) is 5.96 Å². The smallest absolute Gasteiger partial charge is 0.196 e. The Morgan fingerprint density at radius 2 is 1.97 bits per heavy atom. The van der Waals surface area contributed by atoms with Crippen LogP contribution in [0.5, 0.6) is 0 Å². The molecule has 1 aromatic carbocycles. The first-order chi connectivity index (χ1) is 14.9. The van der Waals surface area contributed by atoms with E-state index in [2.05, 4.69) is 98.0 Å². The van der Waals surface area contributed by atoms with Crippen molar-refractivity contribution in [1.82, 2.24) is 10.3 Å². The molecule has 0 fully saturated rings. The number of allylic oxidation sites excluding steroid dienone is 2. The van der Waals surface area contributed by atoms with E-state index in [0.29, 0.717) is 18.0 Å². The Bertz CT molecular complexity index is 1030. The Morgan fingerprint density at radius 1 is 1.13 bits per heavy atom. The summed E-state index contributed by atoms with van der Waals surface area (Å²) in [6, 6.07) is 11.4. The van der Waals surface area contributed by atoms with Gasteiger partial charge in [0.25, 0.3) is 0 Å². The molecule has 0 bridgehead atoms. The number of anilines is 2. The van der Waals surface area contributed by atoms with Gasteiger partial charge in [-0.1, -0.05) is 24.6 Å². The molecule has 31 heavy (non-hydrogen) atoms. The Balaban J connectivity index is 1.50. The lowest BCUT2D eigenvalue weighted by Crippen LogP contribution is -2.36. The van der Waals surface area contributed by atoms with Crippen LogP contribution in [-0.4, -0.2) is 29.1 Å². The van der Waals surface area contributed by atoms with Crippen LogP contribution in [0, 0.1) is 5.92 Å². The summed E-state index contributed by atoms with van der Waals surface area (Å²) in [5.74, 6) is 2.43. The van der Waals surface area contributed by atoms with Crippen molar-refractivity contribution in [3.05, 3.63) is 53.6 Å². The van der Waals surface area contributed by atoms with E-state index in [1.807, 2.05) is 0 Å². The molecule has 0 aliphatic heterocycles. The Labute approximate surface area is 186 Å². The van der Waals surface area contributed by atoms with Crippen molar-refractivity contribution >= 4 is 28.4 Å². The normalized spacial score (nSPS) is 21.2. The van der Waals surface area contributed by atoms with E-state index in [9.17, 15) is 0 Å². The van der Waals surface area contributed by atoms with Gasteiger partial charge in [-0.3, -0.25) is 4.99 Å². The average molecular weight is 418 g/mol. The van der Waals surface area contributed by atoms with Gasteiger partial charge in [-0.25, -0.2) is 4.98 Å². The number of guanidine groups is 1. The number of nitrogens with zero attached hydrogens (tertiary/aromatic N) is 2. The van der Waals surface area contributed by atoms with Gasteiger partial charge in [-0.15, -0.1) is 0 Å². The molecule has 5 nitrogen and oxygen atoms in total. The fraction of sp³-hybridized carbons (Fsp3) is 0.462. The molecule has 2 atom stereocenters. The summed E-state index contributed by atoms with van der Waals surface area (Å²) < 4.78 is 0. The minimum atomic E-state index is 0.220. The zero-order valence-electron chi connectivity index (χ0n) is 19.4. The van der Waals surface area contributed by atoms with Crippen LogP contribution >= 0.6 is 0 Å². The van der Waals surface area contributed by atoms with Crippen molar-refractivity contribution in [3.63, 3.8) is 0 Å². The summed E-state index contributed by atoms with van der Waals surface area (Å²) in [7, 11) is 0. The lowest BCUT2D eigenvalue weighted by molar-refractivity contribution is 0.658. The minimum absolute atomic E-state index is 0.220. The summed E-state index contributed by atoms with van der Waals surface area (Å²) in [4.78, 5) is 9.54. The molecule has 4 rings (SSSR count). The van der Waals surface area contributed by atoms with Gasteiger partial charge in [0.1, 0.15) is 5.82 Å². The number of hydrogen-bond acceptors (Lipinski definition) is 3. The number of pyridine rings is 1. The maximum absolute atomic E-state index is 4.88. The van der Waals surface area contributed by atoms with Gasteiger partial charge >= 0.3 is 0 Å². The van der Waals surface area contributed by atoms with Crippen LogP contribution in [0.4, 0.5) is 11.5 Å². The molecule has 1 heterocycles. The highest BCUT2D eigenvalue weighted by Gasteiger charge is 2.28. The molecule has 2 aliphatic carbocycles. The fourth-order valence-corrected chi connectivity index (χ4v) is 4.51. The predicted molar refractivity (Wildman–Crippen MR) is 133 cm³/mol. The van der Waals surface area contributed by atoms with Gasteiger partial charge in [-0.2, -0.15) is 0 Å². The first kappa shape index (κ1) is 21.4. The molecule has 0 amide bonds. The van der Waals surface area contributed by atoms with E-state index in [4.69, 9.17) is 4.98 Å². The quantitative estimate of drug-likeness (QED) is 0.420. The maximum atomic E-state index is 4.88. The van der Waals surface area contributed by atoms with Gasteiger partial charge in [0.05, 0.1) is 11.6 Å². The van der Waals surface area contributed by atoms with Crippen LogP contribution in [0.3, 0.4) is 0 Å². The predicted octanol–water partition coefficient (Wildman–Crippen LogP) is 5.88. The highest BCUT2D eigenvalue weighted by molar-refractivity contribution is 5.96. The molecular formula is C26H35N5. The first-order valence-corrected chi connectivity index (χ1v) is 11.6. The molecule has 1 unspecified atom stereocenters. The van der Waals surface area contributed by atoms with Crippen LogP contribution in [0.2, 0.25) is 0 Å². The molecular weight excluding hydrogens is 382 g/mol. The molecule has 5 heteroatoms. The first-order valence-electron chi connectivity index (χ1n) is 11.6. The standard InChI is InChI=1S/C26H35N5/c1-16(2)27-26(28-17(3)4)29-20-10-12-23-19(15-20)9-14-25(30-23)31-24-13-11-21-18(5)7-6-8-22(21)24/h6,8-10,12,14-18,24H,7,11,13H2,1-5H3,(H,30,31)(H2,27,28,29)/t18?,24-/m1/s1. The fourth-order valence-electron chi connectivity index (χ4n) is 4.51. The van der Waals surface area contributed by atoms with Crippen molar-refractivity contribution in [2.75, 3.05) is 10.6 Å². The summed E-state index contributed by atoms with van der Waals surface area (Å²) in [5.41, 5.74) is 5.11. The molecule has 2 aliphatic rings. The highest BCUT2D eigenvalue weighted by atomic mass is 15.2. The second-order valence-electron chi connectivity index (χ2n) is 9.35. The monoisotopic (exact) mass is 417 g/mol. The van der Waals surface area contributed by atoms with Crippen LogP contribution in [0.25, 0.3) is 10.9 Å². The number of fused-ring (bicyclic) bond motifs is 1. The number of aromatic nitrogens is 1. The van der Waals surface area contributed by atoms with Crippen molar-refractivity contribution in [1.29, 1.82) is 0 Å². The van der Waals surface area contributed by atoms with Crippen LogP contribution in [0.1, 0.15) is 53.9 Å². The number of hydrogen-bond donors (Lipinski definition) is 3. The molecule has 0 saturated carbocycles. The zero-order valence-corrected chi connectivity index (χ0v) is 19.4. The van der Waals surface area contributed by atoms with Gasteiger partial charge < -0.3 is 16.0 Å². The Kier molecular flexibility index (Phi) is 6.30. The molecule has 2 aromatic rings. The topological polar surface area (TPSA) is 61.3 Å². The van der Waals surface area contributed by atoms with Gasteiger partial charge in [-0.05, 0) is 88.8 Å². The number of aliphatic imine (C=N–C) groups is 1. The second kappa shape index (κ2) is 9.13. The van der Waals surface area contributed by atoms with E-state index >= 15 is 0 Å². The van der Waals surface area contributed by atoms with E-state index < -0.39 is 0 Å². The average Bonchev–Trinajstić information content (AvgIpc) is 3.11. The van der Waals surface area contributed by atoms with E-state index in [0.717, 1.165) is 34.8 Å². The van der Waals surface area contributed by atoms with Crippen molar-refractivity contribution in [2.45, 2.75) is 72.0 Å². The second-order valence-corrected chi connectivity index (χ2v) is 9.35. The molecule has 3 N–H and O–H groups in total. The molecule has 0 spiro atoms. The molecule has 1 aromatic heterocycles. The number of rotatable bonds is 5. The van der Waals surface area contributed by atoms with Crippen molar-refractivity contribution < 1.29 is 0 Å². The van der Waals surface area contributed by atoms with E-state index in [1.165, 1.54) is 18.4 Å². The zero-order chi connectivity index (χ0) is 22.0. The molecule has 0 radical (unpaired) electrons.